The van der Waals surface area contributed by atoms with Gasteiger partial charge in [0.05, 0.1) is 10.6 Å². The summed E-state index contributed by atoms with van der Waals surface area (Å²) in [6.07, 6.45) is 0.924. The summed E-state index contributed by atoms with van der Waals surface area (Å²) in [6, 6.07) is 8.71. The van der Waals surface area contributed by atoms with Gasteiger partial charge in [-0.15, -0.1) is 0 Å². The summed E-state index contributed by atoms with van der Waals surface area (Å²) in [6.45, 7) is 5.76. The van der Waals surface area contributed by atoms with Crippen LogP contribution in [0.4, 0.5) is 11.4 Å². The lowest BCUT2D eigenvalue weighted by molar-refractivity contribution is -0.116. The Morgan fingerprint density at radius 3 is 2.33 bits per heavy atom. The number of hydrogen-bond acceptors (Lipinski definition) is 3. The van der Waals surface area contributed by atoms with Gasteiger partial charge in [-0.2, -0.15) is 0 Å². The Balaban J connectivity index is 1.96. The molecule has 1 aliphatic heterocycles. The predicted molar refractivity (Wildman–Crippen MR) is 94.9 cm³/mol. The van der Waals surface area contributed by atoms with Gasteiger partial charge in [-0.3, -0.25) is 9.52 Å². The summed E-state index contributed by atoms with van der Waals surface area (Å²) in [5, 5.41) is 2.76. The number of benzene rings is 2. The zero-order valence-electron chi connectivity index (χ0n) is 13.9. The molecule has 0 atom stereocenters. The molecule has 126 valence electrons. The SMILES string of the molecule is Cc1cc(C)c(NS(=O)(=O)c2ccc3c(c2)CCC(=O)N3)c(C)c1. The maximum Gasteiger partial charge on any atom is 0.261 e. The van der Waals surface area contributed by atoms with Crippen LogP contribution >= 0.6 is 0 Å². The van der Waals surface area contributed by atoms with Crippen LogP contribution in [0.2, 0.25) is 0 Å². The molecule has 6 heteroatoms. The monoisotopic (exact) mass is 344 g/mol. The van der Waals surface area contributed by atoms with Gasteiger partial charge >= 0.3 is 0 Å². The number of nitrogens with one attached hydrogen (secondary N) is 2. The van der Waals surface area contributed by atoms with Crippen LogP contribution in [0.5, 0.6) is 0 Å². The molecule has 0 fully saturated rings. The Labute approximate surface area is 142 Å². The van der Waals surface area contributed by atoms with Gasteiger partial charge in [0.2, 0.25) is 5.91 Å². The Morgan fingerprint density at radius 1 is 1.00 bits per heavy atom. The van der Waals surface area contributed by atoms with Crippen LogP contribution in [0.1, 0.15) is 28.7 Å². The number of aryl methyl sites for hydroxylation is 4. The Morgan fingerprint density at radius 2 is 1.67 bits per heavy atom. The molecule has 1 aliphatic rings. The smallest absolute Gasteiger partial charge is 0.261 e. The molecule has 24 heavy (non-hydrogen) atoms. The van der Waals surface area contributed by atoms with Crippen LogP contribution in [0.3, 0.4) is 0 Å². The van der Waals surface area contributed by atoms with Gasteiger partial charge < -0.3 is 5.32 Å². The van der Waals surface area contributed by atoms with Gasteiger partial charge in [-0.05, 0) is 62.1 Å². The number of fused-ring (bicyclic) bond motifs is 1. The van der Waals surface area contributed by atoms with E-state index in [1.807, 2.05) is 32.9 Å². The van der Waals surface area contributed by atoms with Crippen molar-refractivity contribution in [2.75, 3.05) is 10.0 Å². The molecule has 1 heterocycles. The van der Waals surface area contributed by atoms with E-state index in [0.29, 0.717) is 24.2 Å². The van der Waals surface area contributed by atoms with Crippen molar-refractivity contribution in [1.82, 2.24) is 0 Å². The largest absolute Gasteiger partial charge is 0.326 e. The van der Waals surface area contributed by atoms with E-state index in [1.54, 1.807) is 12.1 Å². The number of hydrogen-bond donors (Lipinski definition) is 2. The lowest BCUT2D eigenvalue weighted by atomic mass is 10.0. The lowest BCUT2D eigenvalue weighted by Gasteiger charge is -2.19. The summed E-state index contributed by atoms with van der Waals surface area (Å²) in [5.41, 5.74) is 5.02. The molecule has 3 rings (SSSR count). The summed E-state index contributed by atoms with van der Waals surface area (Å²) in [5.74, 6) is -0.0397. The zero-order chi connectivity index (χ0) is 17.5. The molecule has 2 N–H and O–H groups in total. The van der Waals surface area contributed by atoms with Crippen LogP contribution in [-0.2, 0) is 21.2 Å². The van der Waals surface area contributed by atoms with Gasteiger partial charge in [-0.1, -0.05) is 17.7 Å². The number of carbonyl (C=O) groups is 1. The van der Waals surface area contributed by atoms with Crippen molar-refractivity contribution in [2.45, 2.75) is 38.5 Å². The molecule has 0 spiro atoms. The first-order valence-corrected chi connectivity index (χ1v) is 9.28. The van der Waals surface area contributed by atoms with E-state index >= 15 is 0 Å². The molecular formula is C18H20N2O3S. The maximum atomic E-state index is 12.7. The molecule has 0 saturated carbocycles. The van der Waals surface area contributed by atoms with E-state index in [1.165, 1.54) is 6.07 Å². The van der Waals surface area contributed by atoms with Gasteiger partial charge in [0.15, 0.2) is 0 Å². The third kappa shape index (κ3) is 3.14. The van der Waals surface area contributed by atoms with Crippen molar-refractivity contribution in [1.29, 1.82) is 0 Å². The number of rotatable bonds is 3. The molecule has 5 nitrogen and oxygen atoms in total. The fourth-order valence-electron chi connectivity index (χ4n) is 3.06. The van der Waals surface area contributed by atoms with E-state index in [2.05, 4.69) is 10.0 Å². The number of sulfonamides is 1. The van der Waals surface area contributed by atoms with E-state index in [9.17, 15) is 13.2 Å². The molecule has 0 aliphatic carbocycles. The van der Waals surface area contributed by atoms with Crippen LogP contribution < -0.4 is 10.0 Å². The van der Waals surface area contributed by atoms with Crippen molar-refractivity contribution in [3.05, 3.63) is 52.6 Å². The summed E-state index contributed by atoms with van der Waals surface area (Å²) in [7, 11) is -3.68. The highest BCUT2D eigenvalue weighted by Crippen LogP contribution is 2.28. The van der Waals surface area contributed by atoms with Crippen LogP contribution in [0.25, 0.3) is 0 Å². The minimum Gasteiger partial charge on any atom is -0.326 e. The third-order valence-electron chi connectivity index (χ3n) is 4.20. The minimum absolute atomic E-state index is 0.0397. The Hall–Kier alpha value is -2.34. The molecule has 1 amide bonds. The van der Waals surface area contributed by atoms with E-state index in [0.717, 1.165) is 22.3 Å². The van der Waals surface area contributed by atoms with Gasteiger partial charge in [0.25, 0.3) is 10.0 Å². The fraction of sp³-hybridized carbons (Fsp3) is 0.278. The zero-order valence-corrected chi connectivity index (χ0v) is 14.8. The average Bonchev–Trinajstić information content (AvgIpc) is 2.50. The number of anilines is 2. The molecular weight excluding hydrogens is 324 g/mol. The molecule has 0 aromatic heterocycles. The molecule has 2 aromatic carbocycles. The van der Waals surface area contributed by atoms with E-state index < -0.39 is 10.0 Å². The average molecular weight is 344 g/mol. The first-order valence-electron chi connectivity index (χ1n) is 7.80. The first-order chi connectivity index (χ1) is 11.3. The Kier molecular flexibility index (Phi) is 4.09. The van der Waals surface area contributed by atoms with E-state index in [-0.39, 0.29) is 10.8 Å². The topological polar surface area (TPSA) is 75.3 Å². The first kappa shape index (κ1) is 16.5. The predicted octanol–water partition coefficient (Wildman–Crippen LogP) is 3.30. The van der Waals surface area contributed by atoms with E-state index in [4.69, 9.17) is 0 Å². The number of carbonyl (C=O) groups excluding carboxylic acids is 1. The highest BCUT2D eigenvalue weighted by atomic mass is 32.2. The molecule has 0 unspecified atom stereocenters. The van der Waals surface area contributed by atoms with Crippen LogP contribution in [0.15, 0.2) is 35.2 Å². The maximum absolute atomic E-state index is 12.7. The summed E-state index contributed by atoms with van der Waals surface area (Å²) in [4.78, 5) is 11.6. The van der Waals surface area contributed by atoms with Crippen molar-refractivity contribution in [3.63, 3.8) is 0 Å². The highest BCUT2D eigenvalue weighted by Gasteiger charge is 2.21. The second-order valence-corrected chi connectivity index (χ2v) is 7.93. The fourth-order valence-corrected chi connectivity index (χ4v) is 4.31. The van der Waals surface area contributed by atoms with Crippen molar-refractivity contribution >= 4 is 27.3 Å². The van der Waals surface area contributed by atoms with Crippen molar-refractivity contribution in [2.24, 2.45) is 0 Å². The molecule has 0 radical (unpaired) electrons. The molecule has 0 saturated heterocycles. The van der Waals surface area contributed by atoms with Gasteiger partial charge in [-0.25, -0.2) is 8.42 Å². The van der Waals surface area contributed by atoms with Crippen LogP contribution in [0, 0.1) is 20.8 Å². The summed E-state index contributed by atoms with van der Waals surface area (Å²) < 4.78 is 28.2. The second-order valence-electron chi connectivity index (χ2n) is 6.25. The molecule has 2 aromatic rings. The van der Waals surface area contributed by atoms with Crippen molar-refractivity contribution < 1.29 is 13.2 Å². The third-order valence-corrected chi connectivity index (χ3v) is 5.54. The van der Waals surface area contributed by atoms with Gasteiger partial charge in [0, 0.05) is 12.1 Å². The highest BCUT2D eigenvalue weighted by molar-refractivity contribution is 7.92. The lowest BCUT2D eigenvalue weighted by Crippen LogP contribution is -2.20. The number of amides is 1. The van der Waals surface area contributed by atoms with Crippen molar-refractivity contribution in [3.8, 4) is 0 Å². The van der Waals surface area contributed by atoms with Crippen LogP contribution in [-0.4, -0.2) is 14.3 Å². The summed E-state index contributed by atoms with van der Waals surface area (Å²) >= 11 is 0. The second kappa shape index (κ2) is 5.94. The standard InChI is InChI=1S/C18H20N2O3S/c1-11-8-12(2)18(13(3)9-11)20-24(22,23)15-5-6-16-14(10-15)4-7-17(21)19-16/h5-6,8-10,20H,4,7H2,1-3H3,(H,19,21). The van der Waals surface area contributed by atoms with Gasteiger partial charge in [0.1, 0.15) is 0 Å². The minimum atomic E-state index is -3.68. The molecule has 0 bridgehead atoms. The normalized spacial score (nSPS) is 14.0. The Bertz CT molecular complexity index is 910. The quantitative estimate of drug-likeness (QED) is 0.897.